The van der Waals surface area contributed by atoms with Gasteiger partial charge in [0, 0.05) is 20.3 Å². The van der Waals surface area contributed by atoms with E-state index in [9.17, 15) is 9.59 Å². The number of thioether (sulfide) groups is 1. The van der Waals surface area contributed by atoms with Crippen LogP contribution in [0, 0.1) is 0 Å². The van der Waals surface area contributed by atoms with Crippen molar-refractivity contribution in [2.75, 3.05) is 27.0 Å². The zero-order valence-electron chi connectivity index (χ0n) is 11.1. The highest BCUT2D eigenvalue weighted by molar-refractivity contribution is 7.97. The van der Waals surface area contributed by atoms with Crippen molar-refractivity contribution in [2.24, 2.45) is 0 Å². The van der Waals surface area contributed by atoms with Gasteiger partial charge in [0.1, 0.15) is 11.5 Å². The second-order valence-corrected chi connectivity index (χ2v) is 4.49. The molecule has 1 aromatic rings. The monoisotopic (exact) mass is 287 g/mol. The molecule has 1 rings (SSSR count). The van der Waals surface area contributed by atoms with E-state index in [0.717, 1.165) is 6.07 Å². The molecule has 0 unspecified atom stereocenters. The fourth-order valence-corrected chi connectivity index (χ4v) is 1.77. The summed E-state index contributed by atoms with van der Waals surface area (Å²) in [6, 6.07) is 1.16. The highest BCUT2D eigenvalue weighted by atomic mass is 32.2. The van der Waals surface area contributed by atoms with Gasteiger partial charge in [0.25, 0.3) is 11.5 Å². The summed E-state index contributed by atoms with van der Waals surface area (Å²) in [5.41, 5.74) is -0.266. The standard InChI is InChI=1S/C11H17N3O4S/c1-17-10(18-2)5-12-11(16)7-4-9(15)14-8(13-7)6-19-3/h4,10H,5-6H2,1-3H3,(H,12,16)(H,13,14,15). The van der Waals surface area contributed by atoms with Crippen LogP contribution in [0.15, 0.2) is 10.9 Å². The van der Waals surface area contributed by atoms with Gasteiger partial charge in [-0.3, -0.25) is 9.59 Å². The Hall–Kier alpha value is -1.38. The molecule has 8 heteroatoms. The summed E-state index contributed by atoms with van der Waals surface area (Å²) >= 11 is 1.50. The number of amides is 1. The van der Waals surface area contributed by atoms with E-state index < -0.39 is 12.2 Å². The summed E-state index contributed by atoms with van der Waals surface area (Å²) in [6.07, 6.45) is 1.35. The lowest BCUT2D eigenvalue weighted by Gasteiger charge is -2.13. The lowest BCUT2D eigenvalue weighted by atomic mass is 10.3. The van der Waals surface area contributed by atoms with E-state index >= 15 is 0 Å². The first-order valence-corrected chi connectivity index (χ1v) is 6.93. The predicted octanol–water partition coefficient (Wildman–Crippen LogP) is -0.0184. The minimum atomic E-state index is -0.531. The highest BCUT2D eigenvalue weighted by Crippen LogP contribution is 2.02. The Labute approximate surface area is 115 Å². The normalized spacial score (nSPS) is 10.7. The topological polar surface area (TPSA) is 93.3 Å². The van der Waals surface area contributed by atoms with Crippen molar-refractivity contribution in [2.45, 2.75) is 12.0 Å². The maximum atomic E-state index is 11.8. The number of rotatable bonds is 7. The van der Waals surface area contributed by atoms with Gasteiger partial charge in [-0.2, -0.15) is 11.8 Å². The number of ether oxygens (including phenoxy) is 2. The molecule has 0 bridgehead atoms. The van der Waals surface area contributed by atoms with Crippen molar-refractivity contribution in [1.82, 2.24) is 15.3 Å². The Bertz CT molecular complexity index is 473. The summed E-state index contributed by atoms with van der Waals surface area (Å²) in [5.74, 6) is 0.572. The molecule has 0 radical (unpaired) electrons. The smallest absolute Gasteiger partial charge is 0.270 e. The lowest BCUT2D eigenvalue weighted by Crippen LogP contribution is -2.35. The molecule has 0 aliphatic carbocycles. The van der Waals surface area contributed by atoms with Crippen molar-refractivity contribution in [3.05, 3.63) is 27.9 Å². The fraction of sp³-hybridized carbons (Fsp3) is 0.545. The number of nitrogens with one attached hydrogen (secondary N) is 2. The molecular weight excluding hydrogens is 270 g/mol. The second-order valence-electron chi connectivity index (χ2n) is 3.62. The van der Waals surface area contributed by atoms with Gasteiger partial charge in [-0.25, -0.2) is 4.98 Å². The number of hydrogen-bond acceptors (Lipinski definition) is 6. The summed E-state index contributed by atoms with van der Waals surface area (Å²) in [6.45, 7) is 0.179. The molecule has 0 saturated heterocycles. The average molecular weight is 287 g/mol. The van der Waals surface area contributed by atoms with Crippen molar-refractivity contribution >= 4 is 17.7 Å². The van der Waals surface area contributed by atoms with Gasteiger partial charge in [0.2, 0.25) is 0 Å². The van der Waals surface area contributed by atoms with E-state index in [1.165, 1.54) is 26.0 Å². The minimum absolute atomic E-state index is 0.0822. The van der Waals surface area contributed by atoms with Crippen LogP contribution in [0.2, 0.25) is 0 Å². The number of hydrogen-bond donors (Lipinski definition) is 2. The van der Waals surface area contributed by atoms with Gasteiger partial charge in [0.15, 0.2) is 6.29 Å². The molecular formula is C11H17N3O4S. The summed E-state index contributed by atoms with van der Waals surface area (Å²) in [5, 5.41) is 2.59. The molecule has 0 aliphatic rings. The van der Waals surface area contributed by atoms with Crippen LogP contribution in [0.5, 0.6) is 0 Å². The van der Waals surface area contributed by atoms with Crippen LogP contribution in [0.25, 0.3) is 0 Å². The average Bonchev–Trinajstić information content (AvgIpc) is 2.39. The highest BCUT2D eigenvalue weighted by Gasteiger charge is 2.12. The molecule has 2 N–H and O–H groups in total. The Morgan fingerprint density at radius 3 is 2.79 bits per heavy atom. The van der Waals surface area contributed by atoms with Crippen LogP contribution >= 0.6 is 11.8 Å². The van der Waals surface area contributed by atoms with Crippen LogP contribution in [-0.4, -0.2) is 49.2 Å². The summed E-state index contributed by atoms with van der Waals surface area (Å²) in [7, 11) is 2.95. The van der Waals surface area contributed by atoms with Gasteiger partial charge in [0.05, 0.1) is 12.3 Å². The number of carbonyl (C=O) groups excluding carboxylic acids is 1. The predicted molar refractivity (Wildman–Crippen MR) is 72.2 cm³/mol. The molecule has 7 nitrogen and oxygen atoms in total. The molecule has 0 saturated carbocycles. The Kier molecular flexibility index (Phi) is 6.54. The van der Waals surface area contributed by atoms with Gasteiger partial charge in [-0.15, -0.1) is 0 Å². The van der Waals surface area contributed by atoms with Crippen LogP contribution in [0.4, 0.5) is 0 Å². The molecule has 0 aromatic carbocycles. The van der Waals surface area contributed by atoms with Crippen LogP contribution < -0.4 is 10.9 Å². The van der Waals surface area contributed by atoms with E-state index in [1.54, 1.807) is 0 Å². The largest absolute Gasteiger partial charge is 0.354 e. The molecule has 1 aromatic heterocycles. The first kappa shape index (κ1) is 15.7. The third-order valence-electron chi connectivity index (χ3n) is 2.26. The van der Waals surface area contributed by atoms with E-state index in [1.807, 2.05) is 6.26 Å². The first-order valence-electron chi connectivity index (χ1n) is 5.53. The summed E-state index contributed by atoms with van der Waals surface area (Å²) < 4.78 is 9.89. The van der Waals surface area contributed by atoms with Crippen LogP contribution in [0.3, 0.4) is 0 Å². The molecule has 1 amide bonds. The van der Waals surface area contributed by atoms with Gasteiger partial charge in [-0.05, 0) is 6.26 Å². The van der Waals surface area contributed by atoms with E-state index in [-0.39, 0.29) is 17.8 Å². The van der Waals surface area contributed by atoms with E-state index in [0.29, 0.717) is 11.6 Å². The molecule has 0 fully saturated rings. The fourth-order valence-electron chi connectivity index (χ4n) is 1.36. The van der Waals surface area contributed by atoms with Gasteiger partial charge < -0.3 is 19.8 Å². The SMILES string of the molecule is COC(CNC(=O)c1cc(=O)[nH]c(CSC)n1)OC. The van der Waals surface area contributed by atoms with Gasteiger partial charge in [-0.1, -0.05) is 0 Å². The minimum Gasteiger partial charge on any atom is -0.354 e. The van der Waals surface area contributed by atoms with Crippen molar-refractivity contribution in [3.8, 4) is 0 Å². The lowest BCUT2D eigenvalue weighted by molar-refractivity contribution is -0.0974. The second kappa shape index (κ2) is 7.93. The third kappa shape index (κ3) is 5.01. The first-order chi connectivity index (χ1) is 9.10. The molecule has 106 valence electrons. The number of H-pyrrole nitrogens is 1. The molecule has 0 spiro atoms. The Morgan fingerprint density at radius 1 is 1.53 bits per heavy atom. The number of aromatic amines is 1. The van der Waals surface area contributed by atoms with Crippen molar-refractivity contribution in [3.63, 3.8) is 0 Å². The quantitative estimate of drug-likeness (QED) is 0.685. The Balaban J connectivity index is 2.73. The number of carbonyl (C=O) groups is 1. The maximum absolute atomic E-state index is 11.8. The van der Waals surface area contributed by atoms with Crippen LogP contribution in [0.1, 0.15) is 16.3 Å². The zero-order chi connectivity index (χ0) is 14.3. The van der Waals surface area contributed by atoms with E-state index in [2.05, 4.69) is 15.3 Å². The van der Waals surface area contributed by atoms with Crippen molar-refractivity contribution in [1.29, 1.82) is 0 Å². The number of methoxy groups -OCH3 is 2. The van der Waals surface area contributed by atoms with Gasteiger partial charge >= 0.3 is 0 Å². The maximum Gasteiger partial charge on any atom is 0.270 e. The molecule has 19 heavy (non-hydrogen) atoms. The number of nitrogens with zero attached hydrogens (tertiary/aromatic N) is 1. The molecule has 0 atom stereocenters. The zero-order valence-corrected chi connectivity index (χ0v) is 11.9. The molecule has 1 heterocycles. The van der Waals surface area contributed by atoms with E-state index in [4.69, 9.17) is 9.47 Å². The summed E-state index contributed by atoms with van der Waals surface area (Å²) in [4.78, 5) is 29.9. The van der Waals surface area contributed by atoms with Crippen molar-refractivity contribution < 1.29 is 14.3 Å². The Morgan fingerprint density at radius 2 is 2.21 bits per heavy atom. The third-order valence-corrected chi connectivity index (χ3v) is 2.82. The van der Waals surface area contributed by atoms with Crippen LogP contribution in [-0.2, 0) is 15.2 Å². The number of aromatic nitrogens is 2. The molecule has 0 aliphatic heterocycles.